The number of ether oxygens (including phenoxy) is 1. The van der Waals surface area contributed by atoms with Crippen molar-refractivity contribution in [3.05, 3.63) is 35.0 Å². The summed E-state index contributed by atoms with van der Waals surface area (Å²) < 4.78 is 5.53. The molecule has 0 radical (unpaired) electrons. The summed E-state index contributed by atoms with van der Waals surface area (Å²) >= 11 is 1.54. The number of anilines is 3. The van der Waals surface area contributed by atoms with Crippen LogP contribution in [0.25, 0.3) is 16.6 Å². The molecule has 1 fully saturated rings. The first kappa shape index (κ1) is 19.5. The Hall–Kier alpha value is -2.78. The number of rotatable bonds is 6. The molecule has 152 valence electrons. The average molecular weight is 412 g/mol. The molecule has 1 aliphatic rings. The second-order valence-corrected chi connectivity index (χ2v) is 7.79. The Morgan fingerprint density at radius 2 is 2.21 bits per heavy atom. The van der Waals surface area contributed by atoms with Crippen LogP contribution in [0, 0.1) is 0 Å². The number of hydrogen-bond donors (Lipinski definition) is 1. The highest BCUT2D eigenvalue weighted by Gasteiger charge is 2.22. The lowest BCUT2D eigenvalue weighted by Crippen LogP contribution is -2.37. The summed E-state index contributed by atoms with van der Waals surface area (Å²) in [4.78, 5) is 9.37. The van der Waals surface area contributed by atoms with Crippen molar-refractivity contribution in [2.75, 3.05) is 43.2 Å². The molecule has 1 N–H and O–H groups in total. The maximum Gasteiger partial charge on any atom is 0.148 e. The molecule has 1 saturated heterocycles. The van der Waals surface area contributed by atoms with Crippen LogP contribution in [0.15, 0.2) is 29.4 Å². The van der Waals surface area contributed by atoms with E-state index in [4.69, 9.17) is 9.72 Å². The smallest absolute Gasteiger partial charge is 0.148 e. The van der Waals surface area contributed by atoms with Crippen LogP contribution < -0.4 is 9.80 Å². The van der Waals surface area contributed by atoms with E-state index >= 15 is 0 Å². The summed E-state index contributed by atoms with van der Waals surface area (Å²) in [7, 11) is 2.00. The van der Waals surface area contributed by atoms with Crippen LogP contribution in [0.1, 0.15) is 25.8 Å². The fourth-order valence-electron chi connectivity index (χ4n) is 3.25. The van der Waals surface area contributed by atoms with Crippen LogP contribution in [0.3, 0.4) is 0 Å². The Morgan fingerprint density at radius 3 is 2.86 bits per heavy atom. The van der Waals surface area contributed by atoms with Crippen LogP contribution in [0.4, 0.5) is 17.5 Å². The molecule has 3 aromatic rings. The van der Waals surface area contributed by atoms with Gasteiger partial charge >= 0.3 is 0 Å². The molecule has 29 heavy (non-hydrogen) atoms. The van der Waals surface area contributed by atoms with Gasteiger partial charge in [0.15, 0.2) is 0 Å². The van der Waals surface area contributed by atoms with E-state index in [0.717, 1.165) is 53.1 Å². The van der Waals surface area contributed by atoms with Gasteiger partial charge in [-0.25, -0.2) is 4.98 Å². The Labute approximate surface area is 174 Å². The van der Waals surface area contributed by atoms with Crippen LogP contribution in [-0.4, -0.2) is 58.7 Å². The van der Waals surface area contributed by atoms with Gasteiger partial charge in [-0.3, -0.25) is 5.10 Å². The van der Waals surface area contributed by atoms with E-state index in [2.05, 4.69) is 51.3 Å². The van der Waals surface area contributed by atoms with Crippen molar-refractivity contribution in [3.8, 4) is 10.6 Å². The number of aromatic amines is 1. The summed E-state index contributed by atoms with van der Waals surface area (Å²) in [5.74, 6) is 2.66. The quantitative estimate of drug-likeness (QED) is 0.661. The minimum absolute atomic E-state index is 0.706. The van der Waals surface area contributed by atoms with Gasteiger partial charge in [0, 0.05) is 37.3 Å². The molecule has 0 amide bonds. The van der Waals surface area contributed by atoms with Crippen molar-refractivity contribution in [2.45, 2.75) is 20.3 Å². The summed E-state index contributed by atoms with van der Waals surface area (Å²) in [5.41, 5.74) is 5.12. The molecule has 9 heteroatoms. The van der Waals surface area contributed by atoms with E-state index in [1.165, 1.54) is 16.9 Å². The van der Waals surface area contributed by atoms with Gasteiger partial charge < -0.3 is 14.5 Å². The highest BCUT2D eigenvalue weighted by Crippen LogP contribution is 2.37. The van der Waals surface area contributed by atoms with Crippen molar-refractivity contribution in [1.82, 2.24) is 25.4 Å². The molecule has 8 nitrogen and oxygen atoms in total. The van der Waals surface area contributed by atoms with Gasteiger partial charge in [-0.15, -0.1) is 10.2 Å². The fraction of sp³-hybridized carbons (Fsp3) is 0.400. The molecule has 1 aliphatic heterocycles. The maximum absolute atomic E-state index is 5.53. The Kier molecular flexibility index (Phi) is 5.86. The van der Waals surface area contributed by atoms with Gasteiger partial charge in [0.1, 0.15) is 28.0 Å². The number of aromatic nitrogens is 5. The monoisotopic (exact) mass is 411 g/mol. The minimum Gasteiger partial charge on any atom is -0.378 e. The first-order chi connectivity index (χ1) is 14.2. The fourth-order valence-corrected chi connectivity index (χ4v) is 3.83. The molecule has 0 aromatic carbocycles. The molecule has 0 bridgehead atoms. The summed E-state index contributed by atoms with van der Waals surface area (Å²) in [6, 6.07) is 4.07. The summed E-state index contributed by atoms with van der Waals surface area (Å²) in [6.07, 6.45) is 4.92. The number of nitrogens with one attached hydrogen (secondary N) is 1. The predicted octanol–water partition coefficient (Wildman–Crippen LogP) is 3.74. The van der Waals surface area contributed by atoms with Crippen LogP contribution in [0.5, 0.6) is 0 Å². The number of pyridine rings is 1. The SMILES string of the molecule is CCC(C)=Cc1c(-c2nncs2)cc(N2CCOCC2)nc1N(C)c1ccn[nH]1. The highest BCUT2D eigenvalue weighted by atomic mass is 32.1. The third kappa shape index (κ3) is 4.15. The second kappa shape index (κ2) is 8.71. The number of H-pyrrole nitrogens is 1. The van der Waals surface area contributed by atoms with Gasteiger partial charge in [-0.05, 0) is 19.4 Å². The van der Waals surface area contributed by atoms with Crippen LogP contribution >= 0.6 is 11.3 Å². The third-order valence-corrected chi connectivity index (χ3v) is 5.79. The Morgan fingerprint density at radius 1 is 1.38 bits per heavy atom. The van der Waals surface area contributed by atoms with Crippen molar-refractivity contribution < 1.29 is 4.74 Å². The largest absolute Gasteiger partial charge is 0.378 e. The zero-order valence-electron chi connectivity index (χ0n) is 16.9. The summed E-state index contributed by atoms with van der Waals surface area (Å²) in [6.45, 7) is 7.35. The van der Waals surface area contributed by atoms with Crippen molar-refractivity contribution in [3.63, 3.8) is 0 Å². The molecule has 0 atom stereocenters. The molecule has 0 spiro atoms. The van der Waals surface area contributed by atoms with Gasteiger partial charge in [0.25, 0.3) is 0 Å². The van der Waals surface area contributed by atoms with E-state index < -0.39 is 0 Å². The maximum atomic E-state index is 5.53. The van der Waals surface area contributed by atoms with Gasteiger partial charge in [-0.1, -0.05) is 29.9 Å². The van der Waals surface area contributed by atoms with Gasteiger partial charge in [-0.2, -0.15) is 5.10 Å². The van der Waals surface area contributed by atoms with Crippen molar-refractivity contribution >= 4 is 34.9 Å². The van der Waals surface area contributed by atoms with Gasteiger partial charge in [0.05, 0.1) is 19.4 Å². The molecular formula is C20H25N7OS. The van der Waals surface area contributed by atoms with E-state index in [0.29, 0.717) is 13.2 Å². The second-order valence-electron chi connectivity index (χ2n) is 6.95. The van der Waals surface area contributed by atoms with Crippen molar-refractivity contribution in [2.24, 2.45) is 0 Å². The van der Waals surface area contributed by atoms with Crippen molar-refractivity contribution in [1.29, 1.82) is 0 Å². The minimum atomic E-state index is 0.706. The lowest BCUT2D eigenvalue weighted by molar-refractivity contribution is 0.122. The molecule has 0 saturated carbocycles. The lowest BCUT2D eigenvalue weighted by atomic mass is 10.0. The highest BCUT2D eigenvalue weighted by molar-refractivity contribution is 7.12. The average Bonchev–Trinajstić information content (AvgIpc) is 3.48. The van der Waals surface area contributed by atoms with E-state index in [9.17, 15) is 0 Å². The Bertz CT molecular complexity index is 963. The third-order valence-electron chi connectivity index (χ3n) is 5.06. The molecule has 0 aliphatic carbocycles. The molecular weight excluding hydrogens is 386 g/mol. The standard InChI is InChI=1S/C20H25N7OS/c1-4-14(2)11-15-16(20-25-22-13-29-20)12-18(27-7-9-28-10-8-27)23-19(15)26(3)17-5-6-21-24-17/h5-6,11-13H,4,7-10H2,1-3H3,(H,21,24). The number of nitrogens with zero attached hydrogens (tertiary/aromatic N) is 6. The zero-order chi connectivity index (χ0) is 20.2. The lowest BCUT2D eigenvalue weighted by Gasteiger charge is -2.30. The van der Waals surface area contributed by atoms with E-state index in [1.807, 2.05) is 18.0 Å². The van der Waals surface area contributed by atoms with E-state index in [1.54, 1.807) is 11.7 Å². The first-order valence-corrected chi connectivity index (χ1v) is 10.6. The molecule has 4 heterocycles. The molecule has 3 aromatic heterocycles. The zero-order valence-corrected chi connectivity index (χ0v) is 17.7. The number of hydrogen-bond acceptors (Lipinski definition) is 8. The van der Waals surface area contributed by atoms with E-state index in [-0.39, 0.29) is 0 Å². The Balaban J connectivity index is 1.92. The number of morpholine rings is 1. The first-order valence-electron chi connectivity index (χ1n) is 9.72. The normalized spacial score (nSPS) is 15.0. The molecule has 0 unspecified atom stereocenters. The topological polar surface area (TPSA) is 83.1 Å². The van der Waals surface area contributed by atoms with Gasteiger partial charge in [0.2, 0.25) is 0 Å². The number of allylic oxidation sites excluding steroid dienone is 1. The van der Waals surface area contributed by atoms with Crippen LogP contribution in [-0.2, 0) is 4.74 Å². The predicted molar refractivity (Wildman–Crippen MR) is 117 cm³/mol. The molecule has 4 rings (SSSR count). The van der Waals surface area contributed by atoms with Crippen LogP contribution in [0.2, 0.25) is 0 Å². The summed E-state index contributed by atoms with van der Waals surface area (Å²) in [5, 5.41) is 16.5.